The van der Waals surface area contributed by atoms with Crippen LogP contribution in [-0.4, -0.2) is 4.92 Å². The molecule has 0 atom stereocenters. The average molecular weight is 325 g/mol. The zero-order valence-electron chi connectivity index (χ0n) is 10.6. The minimum absolute atomic E-state index is 0.239. The third kappa shape index (κ3) is 3.14. The van der Waals surface area contributed by atoms with Gasteiger partial charge in [-0.2, -0.15) is 0 Å². The van der Waals surface area contributed by atoms with Crippen LogP contribution in [0.25, 0.3) is 0 Å². The molecule has 1 N–H and O–H groups in total. The Hall–Kier alpha value is -1.82. The summed E-state index contributed by atoms with van der Waals surface area (Å²) in [4.78, 5) is 9.97. The van der Waals surface area contributed by atoms with Gasteiger partial charge in [-0.3, -0.25) is 10.1 Å². The van der Waals surface area contributed by atoms with Gasteiger partial charge in [0.2, 0.25) is 0 Å². The summed E-state index contributed by atoms with van der Waals surface area (Å²) in [7, 11) is 0. The normalized spacial score (nSPS) is 10.5. The number of halogens is 1. The number of nitrogens with zero attached hydrogens (tertiary/aromatic N) is 1. The Labute approximate surface area is 118 Å². The van der Waals surface area contributed by atoms with Crippen molar-refractivity contribution in [2.75, 3.05) is 5.32 Å². The fourth-order valence-corrected chi connectivity index (χ4v) is 2.69. The molecule has 5 nitrogen and oxygen atoms in total. The van der Waals surface area contributed by atoms with Gasteiger partial charge in [0.15, 0.2) is 0 Å². The molecule has 0 bridgehead atoms. The molecular weight excluding hydrogens is 312 g/mol. The zero-order valence-corrected chi connectivity index (χ0v) is 12.2. The van der Waals surface area contributed by atoms with Gasteiger partial charge in [-0.15, -0.1) is 0 Å². The molecule has 0 spiro atoms. The van der Waals surface area contributed by atoms with Gasteiger partial charge in [-0.25, -0.2) is 0 Å². The van der Waals surface area contributed by atoms with Crippen molar-refractivity contribution in [3.8, 4) is 0 Å². The SMILES string of the molecule is Cc1cc(C)c(NCc2ccc([N+](=O)[O-])o2)c(Br)c1. The maximum absolute atomic E-state index is 10.5. The van der Waals surface area contributed by atoms with Crippen LogP contribution in [0.4, 0.5) is 11.6 Å². The monoisotopic (exact) mass is 324 g/mol. The van der Waals surface area contributed by atoms with Gasteiger partial charge in [0.05, 0.1) is 18.3 Å². The number of nitrogens with one attached hydrogen (secondary N) is 1. The van der Waals surface area contributed by atoms with Crippen LogP contribution in [-0.2, 0) is 6.54 Å². The molecule has 0 aliphatic heterocycles. The van der Waals surface area contributed by atoms with E-state index in [1.807, 2.05) is 19.9 Å². The molecule has 0 saturated heterocycles. The number of rotatable bonds is 4. The van der Waals surface area contributed by atoms with Crippen molar-refractivity contribution >= 4 is 27.5 Å². The fourth-order valence-electron chi connectivity index (χ4n) is 1.87. The second-order valence-electron chi connectivity index (χ2n) is 4.29. The molecule has 0 aliphatic rings. The number of hydrogen-bond acceptors (Lipinski definition) is 4. The van der Waals surface area contributed by atoms with E-state index < -0.39 is 4.92 Å². The summed E-state index contributed by atoms with van der Waals surface area (Å²) in [5.74, 6) is 0.287. The predicted molar refractivity (Wildman–Crippen MR) is 76.3 cm³/mol. The Morgan fingerprint density at radius 3 is 2.68 bits per heavy atom. The maximum Gasteiger partial charge on any atom is 0.433 e. The van der Waals surface area contributed by atoms with Crippen LogP contribution in [0.3, 0.4) is 0 Å². The first-order valence-corrected chi connectivity index (χ1v) is 6.50. The van der Waals surface area contributed by atoms with Crippen molar-refractivity contribution < 1.29 is 9.34 Å². The van der Waals surface area contributed by atoms with Crippen LogP contribution in [0.2, 0.25) is 0 Å². The van der Waals surface area contributed by atoms with E-state index in [1.165, 1.54) is 11.6 Å². The second-order valence-corrected chi connectivity index (χ2v) is 5.14. The standard InChI is InChI=1S/C13H13BrN2O3/c1-8-5-9(2)13(11(14)6-8)15-7-10-3-4-12(19-10)16(17)18/h3-6,15H,7H2,1-2H3. The Kier molecular flexibility index (Phi) is 3.90. The Bertz CT molecular complexity index is 599. The largest absolute Gasteiger partial charge is 0.433 e. The van der Waals surface area contributed by atoms with Crippen molar-refractivity contribution in [3.05, 3.63) is 55.7 Å². The predicted octanol–water partition coefficient (Wildman–Crippen LogP) is 4.18. The summed E-state index contributed by atoms with van der Waals surface area (Å²) in [6.45, 7) is 4.43. The summed E-state index contributed by atoms with van der Waals surface area (Å²) >= 11 is 3.50. The van der Waals surface area contributed by atoms with Crippen molar-refractivity contribution in [2.45, 2.75) is 20.4 Å². The van der Waals surface area contributed by atoms with Crippen LogP contribution in [0.1, 0.15) is 16.9 Å². The van der Waals surface area contributed by atoms with Gasteiger partial charge >= 0.3 is 5.88 Å². The van der Waals surface area contributed by atoms with E-state index in [9.17, 15) is 10.1 Å². The molecule has 1 heterocycles. The molecule has 1 aromatic carbocycles. The molecular formula is C13H13BrN2O3. The molecule has 1 aromatic heterocycles. The molecule has 6 heteroatoms. The van der Waals surface area contributed by atoms with Crippen molar-refractivity contribution in [2.24, 2.45) is 0 Å². The van der Waals surface area contributed by atoms with Crippen LogP contribution in [0.15, 0.2) is 33.2 Å². The summed E-state index contributed by atoms with van der Waals surface area (Å²) in [5, 5.41) is 13.7. The minimum Gasteiger partial charge on any atom is -0.404 e. The maximum atomic E-state index is 10.5. The molecule has 0 amide bonds. The molecule has 0 radical (unpaired) electrons. The lowest BCUT2D eigenvalue weighted by molar-refractivity contribution is -0.402. The topological polar surface area (TPSA) is 68.3 Å². The third-order valence-electron chi connectivity index (χ3n) is 2.70. The van der Waals surface area contributed by atoms with Crippen LogP contribution in [0, 0.1) is 24.0 Å². The van der Waals surface area contributed by atoms with E-state index in [-0.39, 0.29) is 5.88 Å². The molecule has 19 heavy (non-hydrogen) atoms. The van der Waals surface area contributed by atoms with E-state index in [1.54, 1.807) is 6.07 Å². The van der Waals surface area contributed by atoms with Gasteiger partial charge in [0.25, 0.3) is 0 Å². The lowest BCUT2D eigenvalue weighted by atomic mass is 10.1. The highest BCUT2D eigenvalue weighted by Gasteiger charge is 2.12. The number of aryl methyl sites for hydroxylation is 2. The number of anilines is 1. The Morgan fingerprint density at radius 2 is 2.11 bits per heavy atom. The van der Waals surface area contributed by atoms with Crippen LogP contribution < -0.4 is 5.32 Å². The van der Waals surface area contributed by atoms with Crippen molar-refractivity contribution in [1.29, 1.82) is 0 Å². The quantitative estimate of drug-likeness (QED) is 0.676. The number of nitro groups is 1. The van der Waals surface area contributed by atoms with Gasteiger partial charge < -0.3 is 9.73 Å². The van der Waals surface area contributed by atoms with E-state index in [0.717, 1.165) is 15.7 Å². The first-order chi connectivity index (χ1) is 8.97. The Morgan fingerprint density at radius 1 is 1.37 bits per heavy atom. The number of furan rings is 1. The minimum atomic E-state index is -0.545. The fraction of sp³-hybridized carbons (Fsp3) is 0.231. The average Bonchev–Trinajstić information content (AvgIpc) is 2.76. The van der Waals surface area contributed by atoms with E-state index >= 15 is 0 Å². The summed E-state index contributed by atoms with van der Waals surface area (Å²) < 4.78 is 6.06. The van der Waals surface area contributed by atoms with Gasteiger partial charge in [-0.05, 0) is 53.0 Å². The number of hydrogen-bond donors (Lipinski definition) is 1. The molecule has 0 fully saturated rings. The van der Waals surface area contributed by atoms with Crippen molar-refractivity contribution in [1.82, 2.24) is 0 Å². The molecule has 0 unspecified atom stereocenters. The second kappa shape index (κ2) is 5.44. The zero-order chi connectivity index (χ0) is 14.0. The Balaban J connectivity index is 2.12. The molecule has 2 rings (SSSR count). The van der Waals surface area contributed by atoms with Crippen LogP contribution in [0.5, 0.6) is 0 Å². The summed E-state index contributed by atoms with van der Waals surface area (Å²) in [5.41, 5.74) is 3.24. The molecule has 0 saturated carbocycles. The molecule has 100 valence electrons. The molecule has 0 aliphatic carbocycles. The first-order valence-electron chi connectivity index (χ1n) is 5.71. The highest BCUT2D eigenvalue weighted by atomic mass is 79.9. The van der Waals surface area contributed by atoms with E-state index in [0.29, 0.717) is 12.3 Å². The number of benzene rings is 1. The van der Waals surface area contributed by atoms with Crippen molar-refractivity contribution in [3.63, 3.8) is 0 Å². The smallest absolute Gasteiger partial charge is 0.404 e. The summed E-state index contributed by atoms with van der Waals surface area (Å²) in [6.07, 6.45) is 0. The van der Waals surface area contributed by atoms with E-state index in [2.05, 4.69) is 27.3 Å². The van der Waals surface area contributed by atoms with Gasteiger partial charge in [0.1, 0.15) is 10.7 Å². The van der Waals surface area contributed by atoms with E-state index in [4.69, 9.17) is 4.42 Å². The van der Waals surface area contributed by atoms with Gasteiger partial charge in [-0.1, -0.05) is 6.07 Å². The first kappa shape index (κ1) is 13.6. The summed E-state index contributed by atoms with van der Waals surface area (Å²) in [6, 6.07) is 7.04. The highest BCUT2D eigenvalue weighted by molar-refractivity contribution is 9.10. The third-order valence-corrected chi connectivity index (χ3v) is 3.32. The van der Waals surface area contributed by atoms with Gasteiger partial charge in [0, 0.05) is 4.47 Å². The lowest BCUT2D eigenvalue weighted by Gasteiger charge is -2.11. The lowest BCUT2D eigenvalue weighted by Crippen LogP contribution is -2.01. The van der Waals surface area contributed by atoms with Crippen LogP contribution >= 0.6 is 15.9 Å². The molecule has 2 aromatic rings. The highest BCUT2D eigenvalue weighted by Crippen LogP contribution is 2.28.